The lowest BCUT2D eigenvalue weighted by Crippen LogP contribution is -2.08. The standard InChI is InChI=1S/C23H20N6/c1-2-15(3-1)16-6-8-19(9-7-16)26-22-23-24-10-11-29(23)14-21(27-22)17-4-5-18-13-25-28-20(18)12-17/h4-15H,1-3H2,(H,25,28)(H,26,27). The van der Waals surface area contributed by atoms with Gasteiger partial charge in [-0.3, -0.25) is 5.10 Å². The number of nitrogens with zero attached hydrogens (tertiary/aromatic N) is 4. The van der Waals surface area contributed by atoms with E-state index in [1.165, 1.54) is 24.8 Å². The Kier molecular flexibility index (Phi) is 3.62. The third-order valence-corrected chi connectivity index (χ3v) is 5.86. The van der Waals surface area contributed by atoms with E-state index in [0.29, 0.717) is 0 Å². The quantitative estimate of drug-likeness (QED) is 0.445. The first-order valence-corrected chi connectivity index (χ1v) is 9.98. The Balaban J connectivity index is 1.38. The average Bonchev–Trinajstić information content (AvgIpc) is 3.36. The number of H-pyrrole nitrogens is 1. The summed E-state index contributed by atoms with van der Waals surface area (Å²) in [6.45, 7) is 0. The number of hydrogen-bond donors (Lipinski definition) is 2. The molecule has 0 atom stereocenters. The van der Waals surface area contributed by atoms with Crippen LogP contribution in [0.1, 0.15) is 30.7 Å². The van der Waals surface area contributed by atoms with Crippen LogP contribution < -0.4 is 5.32 Å². The van der Waals surface area contributed by atoms with Crippen LogP contribution in [0.5, 0.6) is 0 Å². The van der Waals surface area contributed by atoms with Gasteiger partial charge in [0.05, 0.1) is 17.4 Å². The third-order valence-electron chi connectivity index (χ3n) is 5.86. The number of aromatic amines is 1. The fourth-order valence-corrected chi connectivity index (χ4v) is 3.97. The zero-order chi connectivity index (χ0) is 19.2. The van der Waals surface area contributed by atoms with Crippen molar-refractivity contribution in [2.75, 3.05) is 5.32 Å². The van der Waals surface area contributed by atoms with Gasteiger partial charge >= 0.3 is 0 Å². The van der Waals surface area contributed by atoms with Gasteiger partial charge in [0.15, 0.2) is 11.5 Å². The molecule has 0 radical (unpaired) electrons. The van der Waals surface area contributed by atoms with E-state index in [2.05, 4.69) is 63.0 Å². The monoisotopic (exact) mass is 380 g/mol. The fraction of sp³-hybridized carbons (Fsp3) is 0.174. The molecule has 5 aromatic rings. The Labute approximate surface area is 167 Å². The van der Waals surface area contributed by atoms with Gasteiger partial charge in [0.25, 0.3) is 0 Å². The number of anilines is 2. The minimum Gasteiger partial charge on any atom is -0.337 e. The van der Waals surface area contributed by atoms with E-state index in [-0.39, 0.29) is 0 Å². The summed E-state index contributed by atoms with van der Waals surface area (Å²) in [6, 6.07) is 14.9. The molecule has 0 bridgehead atoms. The van der Waals surface area contributed by atoms with Gasteiger partial charge in [-0.1, -0.05) is 30.7 Å². The Hall–Kier alpha value is -3.67. The van der Waals surface area contributed by atoms with Crippen molar-refractivity contribution < 1.29 is 0 Å². The molecule has 142 valence electrons. The molecule has 3 heterocycles. The average molecular weight is 380 g/mol. The maximum Gasteiger partial charge on any atom is 0.180 e. The first-order valence-electron chi connectivity index (χ1n) is 9.98. The minimum atomic E-state index is 0.738. The summed E-state index contributed by atoms with van der Waals surface area (Å²) >= 11 is 0. The van der Waals surface area contributed by atoms with Crippen LogP contribution in [0.25, 0.3) is 27.8 Å². The lowest BCUT2D eigenvalue weighted by atomic mass is 9.80. The first-order chi connectivity index (χ1) is 14.3. The van der Waals surface area contributed by atoms with Gasteiger partial charge in [-0.15, -0.1) is 0 Å². The Morgan fingerprint density at radius 3 is 2.79 bits per heavy atom. The lowest BCUT2D eigenvalue weighted by Gasteiger charge is -2.25. The molecule has 0 saturated heterocycles. The van der Waals surface area contributed by atoms with Crippen molar-refractivity contribution in [3.05, 3.63) is 72.8 Å². The van der Waals surface area contributed by atoms with Crippen LogP contribution in [0.2, 0.25) is 0 Å². The number of rotatable bonds is 4. The fourth-order valence-electron chi connectivity index (χ4n) is 3.97. The molecule has 1 saturated carbocycles. The summed E-state index contributed by atoms with van der Waals surface area (Å²) < 4.78 is 2.00. The molecule has 2 aromatic carbocycles. The molecule has 1 aliphatic rings. The van der Waals surface area contributed by atoms with Crippen molar-refractivity contribution in [1.29, 1.82) is 0 Å². The summed E-state index contributed by atoms with van der Waals surface area (Å²) in [4.78, 5) is 9.37. The molecule has 6 nitrogen and oxygen atoms in total. The highest BCUT2D eigenvalue weighted by Crippen LogP contribution is 2.36. The van der Waals surface area contributed by atoms with Gasteiger partial charge in [-0.2, -0.15) is 5.10 Å². The maximum atomic E-state index is 4.89. The second-order valence-electron chi connectivity index (χ2n) is 7.68. The van der Waals surface area contributed by atoms with Crippen molar-refractivity contribution in [1.82, 2.24) is 24.6 Å². The van der Waals surface area contributed by atoms with Crippen molar-refractivity contribution >= 4 is 28.1 Å². The lowest BCUT2D eigenvalue weighted by molar-refractivity contribution is 0.420. The molecule has 6 heteroatoms. The van der Waals surface area contributed by atoms with Crippen LogP contribution >= 0.6 is 0 Å². The van der Waals surface area contributed by atoms with Crippen LogP contribution in [0.4, 0.5) is 11.5 Å². The van der Waals surface area contributed by atoms with Gasteiger partial charge in [-0.25, -0.2) is 9.97 Å². The highest BCUT2D eigenvalue weighted by molar-refractivity contribution is 5.83. The molecule has 29 heavy (non-hydrogen) atoms. The Morgan fingerprint density at radius 1 is 1.07 bits per heavy atom. The number of benzene rings is 2. The zero-order valence-corrected chi connectivity index (χ0v) is 15.8. The number of aromatic nitrogens is 5. The normalized spacial score (nSPS) is 14.3. The Morgan fingerprint density at radius 2 is 1.97 bits per heavy atom. The second kappa shape index (κ2) is 6.44. The van der Waals surface area contributed by atoms with Crippen LogP contribution in [-0.2, 0) is 0 Å². The zero-order valence-electron chi connectivity index (χ0n) is 15.8. The Bertz CT molecular complexity index is 1310. The minimum absolute atomic E-state index is 0.738. The molecule has 0 amide bonds. The molecular formula is C23H20N6. The summed E-state index contributed by atoms with van der Waals surface area (Å²) in [7, 11) is 0. The maximum absolute atomic E-state index is 4.89. The predicted molar refractivity (Wildman–Crippen MR) is 114 cm³/mol. The van der Waals surface area contributed by atoms with Crippen LogP contribution in [0, 0.1) is 0 Å². The van der Waals surface area contributed by atoms with Crippen molar-refractivity contribution in [2.45, 2.75) is 25.2 Å². The number of nitrogens with one attached hydrogen (secondary N) is 2. The SMILES string of the molecule is c1cn2cc(-c3ccc4cn[nH]c4c3)nc(Nc3ccc(C4CCC4)cc3)c2n1. The van der Waals surface area contributed by atoms with E-state index in [1.54, 1.807) is 6.20 Å². The summed E-state index contributed by atoms with van der Waals surface area (Å²) in [5, 5.41) is 11.7. The molecule has 6 rings (SSSR count). The summed E-state index contributed by atoms with van der Waals surface area (Å²) in [5.74, 6) is 1.48. The van der Waals surface area contributed by atoms with Crippen molar-refractivity contribution in [3.8, 4) is 11.3 Å². The van der Waals surface area contributed by atoms with E-state index in [4.69, 9.17) is 4.98 Å². The van der Waals surface area contributed by atoms with Gasteiger partial charge in [-0.05, 0) is 42.5 Å². The van der Waals surface area contributed by atoms with Gasteiger partial charge in [0.1, 0.15) is 0 Å². The molecule has 0 unspecified atom stereocenters. The van der Waals surface area contributed by atoms with Crippen molar-refractivity contribution in [2.24, 2.45) is 0 Å². The van der Waals surface area contributed by atoms with Crippen LogP contribution in [0.15, 0.2) is 67.3 Å². The topological polar surface area (TPSA) is 70.9 Å². The molecule has 2 N–H and O–H groups in total. The van der Waals surface area contributed by atoms with Crippen molar-refractivity contribution in [3.63, 3.8) is 0 Å². The molecule has 1 aliphatic carbocycles. The predicted octanol–water partition coefficient (Wildman–Crippen LogP) is 5.28. The number of fused-ring (bicyclic) bond motifs is 2. The second-order valence-corrected chi connectivity index (χ2v) is 7.68. The largest absolute Gasteiger partial charge is 0.337 e. The van der Waals surface area contributed by atoms with Gasteiger partial charge in [0, 0.05) is 35.2 Å². The first kappa shape index (κ1) is 16.3. The van der Waals surface area contributed by atoms with Crippen LogP contribution in [0.3, 0.4) is 0 Å². The van der Waals surface area contributed by atoms with E-state index < -0.39 is 0 Å². The van der Waals surface area contributed by atoms with E-state index in [9.17, 15) is 0 Å². The molecular weight excluding hydrogens is 360 g/mol. The van der Waals surface area contributed by atoms with E-state index in [0.717, 1.165) is 45.2 Å². The van der Waals surface area contributed by atoms with E-state index >= 15 is 0 Å². The highest BCUT2D eigenvalue weighted by Gasteiger charge is 2.19. The molecule has 1 fully saturated rings. The van der Waals surface area contributed by atoms with Gasteiger partial charge in [0.2, 0.25) is 0 Å². The van der Waals surface area contributed by atoms with Crippen LogP contribution in [-0.4, -0.2) is 24.6 Å². The third kappa shape index (κ3) is 2.84. The summed E-state index contributed by atoms with van der Waals surface area (Å²) in [6.07, 6.45) is 11.5. The molecule has 0 spiro atoms. The molecule has 3 aromatic heterocycles. The highest BCUT2D eigenvalue weighted by atomic mass is 15.1. The molecule has 0 aliphatic heterocycles. The number of hydrogen-bond acceptors (Lipinski definition) is 4. The van der Waals surface area contributed by atoms with E-state index in [1.807, 2.05) is 23.0 Å². The smallest absolute Gasteiger partial charge is 0.180 e. The summed E-state index contributed by atoms with van der Waals surface area (Å²) in [5.41, 5.74) is 6.16. The van der Waals surface area contributed by atoms with Gasteiger partial charge < -0.3 is 9.72 Å². The number of imidazole rings is 1.